The second-order valence-corrected chi connectivity index (χ2v) is 3.88. The lowest BCUT2D eigenvalue weighted by atomic mass is 9.95. The van der Waals surface area contributed by atoms with Crippen molar-refractivity contribution in [3.8, 4) is 0 Å². The van der Waals surface area contributed by atoms with E-state index in [1.54, 1.807) is 6.20 Å². The molecule has 1 aliphatic heterocycles. The van der Waals surface area contributed by atoms with Crippen LogP contribution in [0.4, 0.5) is 0 Å². The molecule has 1 aromatic rings. The molecule has 1 aliphatic rings. The lowest BCUT2D eigenvalue weighted by Gasteiger charge is -2.31. The van der Waals surface area contributed by atoms with Crippen LogP contribution in [0, 0.1) is 0 Å². The highest BCUT2D eigenvalue weighted by atomic mass is 16.3. The fourth-order valence-electron chi connectivity index (χ4n) is 2.15. The maximum Gasteiger partial charge on any atom is 0.0558 e. The van der Waals surface area contributed by atoms with Crippen LogP contribution >= 0.6 is 0 Å². The number of likely N-dealkylation sites (tertiary alicyclic amines) is 1. The number of hydrogen-bond donors (Lipinski definition) is 2. The average molecular weight is 195 g/mol. The van der Waals surface area contributed by atoms with Gasteiger partial charge in [-0.2, -0.15) is 5.10 Å². The van der Waals surface area contributed by atoms with Crippen LogP contribution in [-0.2, 0) is 0 Å². The van der Waals surface area contributed by atoms with E-state index in [-0.39, 0.29) is 6.61 Å². The molecule has 2 N–H and O–H groups in total. The van der Waals surface area contributed by atoms with Crippen molar-refractivity contribution in [2.75, 3.05) is 26.2 Å². The maximum absolute atomic E-state index is 8.87. The third-order valence-corrected chi connectivity index (χ3v) is 2.88. The van der Waals surface area contributed by atoms with Crippen LogP contribution in [0.5, 0.6) is 0 Å². The summed E-state index contributed by atoms with van der Waals surface area (Å²) in [7, 11) is 0. The van der Waals surface area contributed by atoms with Gasteiger partial charge in [-0.05, 0) is 25.5 Å². The minimum absolute atomic E-state index is 0.260. The molecule has 78 valence electrons. The SMILES string of the molecule is OCCN1CCC[C@H](c2ccn[nH]2)C1. The molecule has 14 heavy (non-hydrogen) atoms. The van der Waals surface area contributed by atoms with E-state index in [1.165, 1.54) is 18.5 Å². The van der Waals surface area contributed by atoms with Gasteiger partial charge in [0, 0.05) is 30.9 Å². The molecule has 0 aromatic carbocycles. The highest BCUT2D eigenvalue weighted by molar-refractivity contribution is 5.07. The molecule has 4 heteroatoms. The van der Waals surface area contributed by atoms with Gasteiger partial charge in [0.1, 0.15) is 0 Å². The summed E-state index contributed by atoms with van der Waals surface area (Å²) >= 11 is 0. The number of β-amino-alcohol motifs (C(OH)–C–C–N with tert-alkyl or cyclic N) is 1. The first-order valence-corrected chi connectivity index (χ1v) is 5.22. The predicted octanol–water partition coefficient (Wildman–Crippen LogP) is 0.581. The highest BCUT2D eigenvalue weighted by Gasteiger charge is 2.21. The minimum atomic E-state index is 0.260. The molecule has 4 nitrogen and oxygen atoms in total. The largest absolute Gasteiger partial charge is 0.395 e. The average Bonchev–Trinajstić information content (AvgIpc) is 2.71. The Hall–Kier alpha value is -0.870. The second-order valence-electron chi connectivity index (χ2n) is 3.88. The molecule has 0 amide bonds. The fourth-order valence-corrected chi connectivity index (χ4v) is 2.15. The lowest BCUT2D eigenvalue weighted by molar-refractivity contribution is 0.160. The minimum Gasteiger partial charge on any atom is -0.395 e. The van der Waals surface area contributed by atoms with Crippen molar-refractivity contribution in [3.63, 3.8) is 0 Å². The van der Waals surface area contributed by atoms with E-state index >= 15 is 0 Å². The number of piperidine rings is 1. The molecule has 2 heterocycles. The summed E-state index contributed by atoms with van der Waals surface area (Å²) in [5.74, 6) is 0.567. The van der Waals surface area contributed by atoms with Crippen LogP contribution in [0.2, 0.25) is 0 Å². The Morgan fingerprint density at radius 2 is 2.57 bits per heavy atom. The van der Waals surface area contributed by atoms with E-state index in [0.717, 1.165) is 19.6 Å². The Kier molecular flexibility index (Phi) is 3.16. The molecule has 0 radical (unpaired) electrons. The smallest absolute Gasteiger partial charge is 0.0558 e. The molecular formula is C10H17N3O. The van der Waals surface area contributed by atoms with Crippen molar-refractivity contribution >= 4 is 0 Å². The van der Waals surface area contributed by atoms with Crippen molar-refractivity contribution in [1.29, 1.82) is 0 Å². The quantitative estimate of drug-likeness (QED) is 0.742. The van der Waals surface area contributed by atoms with Gasteiger partial charge in [-0.3, -0.25) is 5.10 Å². The van der Waals surface area contributed by atoms with E-state index < -0.39 is 0 Å². The number of nitrogens with one attached hydrogen (secondary N) is 1. The van der Waals surface area contributed by atoms with E-state index in [2.05, 4.69) is 15.1 Å². The van der Waals surface area contributed by atoms with Crippen LogP contribution in [0.3, 0.4) is 0 Å². The number of aliphatic hydroxyl groups excluding tert-OH is 1. The standard InChI is InChI=1S/C10H17N3O/c14-7-6-13-5-1-2-9(8-13)10-3-4-11-12-10/h3-4,9,14H,1-2,5-8H2,(H,11,12)/t9-/m0/s1. The molecule has 0 unspecified atom stereocenters. The van der Waals surface area contributed by atoms with Crippen LogP contribution in [0.25, 0.3) is 0 Å². The molecular weight excluding hydrogens is 178 g/mol. The Morgan fingerprint density at radius 3 is 3.29 bits per heavy atom. The molecule has 1 saturated heterocycles. The summed E-state index contributed by atoms with van der Waals surface area (Å²) in [6.07, 6.45) is 4.24. The van der Waals surface area contributed by atoms with Gasteiger partial charge in [0.15, 0.2) is 0 Å². The number of hydrogen-bond acceptors (Lipinski definition) is 3. The molecule has 0 aliphatic carbocycles. The Labute approximate surface area is 83.9 Å². The van der Waals surface area contributed by atoms with Gasteiger partial charge in [0.25, 0.3) is 0 Å². The van der Waals surface area contributed by atoms with E-state index in [4.69, 9.17) is 5.11 Å². The van der Waals surface area contributed by atoms with Crippen molar-refractivity contribution in [2.45, 2.75) is 18.8 Å². The van der Waals surface area contributed by atoms with Crippen molar-refractivity contribution in [3.05, 3.63) is 18.0 Å². The predicted molar refractivity (Wildman–Crippen MR) is 54.1 cm³/mol. The van der Waals surface area contributed by atoms with Crippen molar-refractivity contribution < 1.29 is 5.11 Å². The first-order valence-electron chi connectivity index (χ1n) is 5.22. The third-order valence-electron chi connectivity index (χ3n) is 2.88. The topological polar surface area (TPSA) is 52.1 Å². The van der Waals surface area contributed by atoms with Gasteiger partial charge < -0.3 is 10.0 Å². The number of aliphatic hydroxyl groups is 1. The first-order chi connectivity index (χ1) is 6.90. The third kappa shape index (κ3) is 2.13. The normalized spacial score (nSPS) is 23.9. The van der Waals surface area contributed by atoms with Crippen molar-refractivity contribution in [1.82, 2.24) is 15.1 Å². The summed E-state index contributed by atoms with van der Waals surface area (Å²) in [4.78, 5) is 2.31. The van der Waals surface area contributed by atoms with Crippen LogP contribution < -0.4 is 0 Å². The Morgan fingerprint density at radius 1 is 1.64 bits per heavy atom. The van der Waals surface area contributed by atoms with Crippen LogP contribution in [0.15, 0.2) is 12.3 Å². The molecule has 0 saturated carbocycles. The number of rotatable bonds is 3. The molecule has 1 fully saturated rings. The zero-order valence-corrected chi connectivity index (χ0v) is 8.32. The summed E-state index contributed by atoms with van der Waals surface area (Å²) in [6.45, 7) is 3.22. The monoisotopic (exact) mass is 195 g/mol. The van der Waals surface area contributed by atoms with Crippen LogP contribution in [0.1, 0.15) is 24.5 Å². The highest BCUT2D eigenvalue weighted by Crippen LogP contribution is 2.24. The number of aromatic amines is 1. The van der Waals surface area contributed by atoms with Gasteiger partial charge >= 0.3 is 0 Å². The zero-order chi connectivity index (χ0) is 9.80. The van der Waals surface area contributed by atoms with Crippen molar-refractivity contribution in [2.24, 2.45) is 0 Å². The molecule has 0 spiro atoms. The van der Waals surface area contributed by atoms with E-state index in [0.29, 0.717) is 5.92 Å². The Balaban J connectivity index is 1.94. The molecule has 2 rings (SSSR count). The molecule has 0 bridgehead atoms. The van der Waals surface area contributed by atoms with Gasteiger partial charge in [-0.1, -0.05) is 0 Å². The van der Waals surface area contributed by atoms with Gasteiger partial charge in [0.2, 0.25) is 0 Å². The lowest BCUT2D eigenvalue weighted by Crippen LogP contribution is -2.36. The summed E-state index contributed by atoms with van der Waals surface area (Å²) in [5.41, 5.74) is 1.23. The second kappa shape index (κ2) is 4.57. The molecule has 1 aromatic heterocycles. The summed E-state index contributed by atoms with van der Waals surface area (Å²) in [5, 5.41) is 15.9. The first kappa shape index (κ1) is 9.68. The van der Waals surface area contributed by atoms with Gasteiger partial charge in [-0.15, -0.1) is 0 Å². The van der Waals surface area contributed by atoms with Gasteiger partial charge in [0.05, 0.1) is 6.61 Å². The fraction of sp³-hybridized carbons (Fsp3) is 0.700. The Bertz CT molecular complexity index is 258. The molecule has 1 atom stereocenters. The summed E-state index contributed by atoms with van der Waals surface area (Å²) < 4.78 is 0. The van der Waals surface area contributed by atoms with Crippen LogP contribution in [-0.4, -0.2) is 46.4 Å². The maximum atomic E-state index is 8.87. The number of nitrogens with zero attached hydrogens (tertiary/aromatic N) is 2. The van der Waals surface area contributed by atoms with E-state index in [1.807, 2.05) is 6.07 Å². The zero-order valence-electron chi connectivity index (χ0n) is 8.32. The number of H-pyrrole nitrogens is 1. The number of aromatic nitrogens is 2. The summed E-state index contributed by atoms with van der Waals surface area (Å²) in [6, 6.07) is 2.05. The van der Waals surface area contributed by atoms with E-state index in [9.17, 15) is 0 Å². The van der Waals surface area contributed by atoms with Gasteiger partial charge in [-0.25, -0.2) is 0 Å².